The molecule has 1 aliphatic heterocycles. The summed E-state index contributed by atoms with van der Waals surface area (Å²) in [6.07, 6.45) is -6.00. The molecule has 11 heteroatoms. The number of aliphatic hydroxyl groups is 3. The predicted molar refractivity (Wildman–Crippen MR) is 122 cm³/mol. The number of aliphatic hydroxyl groups excluding tert-OH is 3. The number of aromatic hydroxyl groups is 1. The summed E-state index contributed by atoms with van der Waals surface area (Å²) in [5, 5.41) is 45.1. The number of methoxy groups -OCH3 is 1. The lowest BCUT2D eigenvalue weighted by Gasteiger charge is -2.42. The number of benzene rings is 2. The summed E-state index contributed by atoms with van der Waals surface area (Å²) in [4.78, 5) is 25.6. The average molecular weight is 491 g/mol. The van der Waals surface area contributed by atoms with Gasteiger partial charge in [-0.15, -0.1) is 0 Å². The first-order chi connectivity index (χ1) is 16.8. The van der Waals surface area contributed by atoms with E-state index in [1.807, 2.05) is 6.07 Å². The van der Waals surface area contributed by atoms with Gasteiger partial charge < -0.3 is 45.3 Å². The molecule has 6 N–H and O–H groups in total. The first-order valence-corrected chi connectivity index (χ1v) is 11.0. The Labute approximate surface area is 202 Å². The molecule has 1 fully saturated rings. The van der Waals surface area contributed by atoms with Crippen molar-refractivity contribution in [2.24, 2.45) is 0 Å². The van der Waals surface area contributed by atoms with Crippen LogP contribution in [0.15, 0.2) is 54.6 Å². The predicted octanol–water partition coefficient (Wildman–Crippen LogP) is -0.200. The van der Waals surface area contributed by atoms with Crippen LogP contribution >= 0.6 is 0 Å². The molecule has 6 unspecified atom stereocenters. The fourth-order valence-electron chi connectivity index (χ4n) is 3.70. The van der Waals surface area contributed by atoms with Crippen molar-refractivity contribution in [1.29, 1.82) is 0 Å². The van der Waals surface area contributed by atoms with Crippen LogP contribution < -0.4 is 10.6 Å². The molecule has 0 spiro atoms. The van der Waals surface area contributed by atoms with Gasteiger partial charge in [0.2, 0.25) is 5.91 Å². The minimum atomic E-state index is -1.44. The Bertz CT molecular complexity index is 941. The van der Waals surface area contributed by atoms with Crippen molar-refractivity contribution in [3.63, 3.8) is 0 Å². The number of ether oxygens (including phenoxy) is 3. The summed E-state index contributed by atoms with van der Waals surface area (Å²) >= 11 is 0. The normalized spacial score (nSPS) is 24.9. The third-order valence-corrected chi connectivity index (χ3v) is 5.62. The molecule has 11 nitrogen and oxygen atoms in total. The smallest absolute Gasteiger partial charge is 0.408 e. The van der Waals surface area contributed by atoms with Crippen molar-refractivity contribution >= 4 is 12.0 Å². The molecule has 2 amide bonds. The average Bonchev–Trinajstić information content (AvgIpc) is 2.87. The van der Waals surface area contributed by atoms with Crippen molar-refractivity contribution < 1.29 is 44.2 Å². The Morgan fingerprint density at radius 3 is 2.34 bits per heavy atom. The van der Waals surface area contributed by atoms with Gasteiger partial charge in [0.05, 0.1) is 12.6 Å². The fraction of sp³-hybridized carbons (Fsp3) is 0.417. The summed E-state index contributed by atoms with van der Waals surface area (Å²) < 4.78 is 15.6. The van der Waals surface area contributed by atoms with Crippen LogP contribution in [0, 0.1) is 0 Å². The first-order valence-electron chi connectivity index (χ1n) is 11.0. The van der Waals surface area contributed by atoms with Gasteiger partial charge in [0.25, 0.3) is 0 Å². The second-order valence-corrected chi connectivity index (χ2v) is 8.11. The van der Waals surface area contributed by atoms with Crippen LogP contribution in [0.3, 0.4) is 0 Å². The van der Waals surface area contributed by atoms with E-state index in [1.54, 1.807) is 36.4 Å². The van der Waals surface area contributed by atoms with Gasteiger partial charge in [-0.1, -0.05) is 42.5 Å². The van der Waals surface area contributed by atoms with Crippen molar-refractivity contribution in [3.8, 4) is 5.75 Å². The van der Waals surface area contributed by atoms with Gasteiger partial charge in [-0.05, 0) is 23.3 Å². The van der Waals surface area contributed by atoms with Crippen molar-refractivity contribution in [1.82, 2.24) is 10.6 Å². The van der Waals surface area contributed by atoms with E-state index < -0.39 is 55.3 Å². The molecule has 0 aliphatic carbocycles. The summed E-state index contributed by atoms with van der Waals surface area (Å²) in [7, 11) is 1.27. The highest BCUT2D eigenvalue weighted by atomic mass is 16.7. The maximum Gasteiger partial charge on any atom is 0.408 e. The maximum atomic E-state index is 13.2. The number of hydrogen-bond acceptors (Lipinski definition) is 9. The summed E-state index contributed by atoms with van der Waals surface area (Å²) in [6.45, 7) is -0.577. The fourth-order valence-corrected chi connectivity index (χ4v) is 3.70. The number of phenols is 1. The highest BCUT2D eigenvalue weighted by Crippen LogP contribution is 2.22. The van der Waals surface area contributed by atoms with Crippen molar-refractivity contribution in [3.05, 3.63) is 65.7 Å². The second-order valence-electron chi connectivity index (χ2n) is 8.11. The number of phenolic OH excluding ortho intramolecular Hbond substituents is 1. The van der Waals surface area contributed by atoms with E-state index in [0.29, 0.717) is 5.56 Å². The zero-order valence-electron chi connectivity index (χ0n) is 19.1. The molecule has 0 bridgehead atoms. The van der Waals surface area contributed by atoms with E-state index in [-0.39, 0.29) is 18.8 Å². The van der Waals surface area contributed by atoms with Crippen LogP contribution in [0.25, 0.3) is 0 Å². The Hall–Kier alpha value is -3.22. The SMILES string of the molecule is COC1OC(CO)C(O)C(NC(=O)C(Cc2ccc(O)cc2)NC(=O)OCc2ccccc2)C1O. The molecular formula is C24H30N2O9. The van der Waals surface area contributed by atoms with E-state index in [0.717, 1.165) is 5.56 Å². The zero-order valence-corrected chi connectivity index (χ0v) is 19.1. The van der Waals surface area contributed by atoms with Gasteiger partial charge in [-0.25, -0.2) is 4.79 Å². The maximum absolute atomic E-state index is 13.2. The van der Waals surface area contributed by atoms with Crippen molar-refractivity contribution in [2.75, 3.05) is 13.7 Å². The van der Waals surface area contributed by atoms with Gasteiger partial charge in [-0.3, -0.25) is 4.79 Å². The molecular weight excluding hydrogens is 460 g/mol. The molecule has 2 aromatic carbocycles. The molecule has 35 heavy (non-hydrogen) atoms. The molecule has 3 rings (SSSR count). The topological polar surface area (TPSA) is 167 Å². The highest BCUT2D eigenvalue weighted by Gasteiger charge is 2.45. The molecule has 1 heterocycles. The number of alkyl carbamates (subject to hydrolysis) is 1. The quantitative estimate of drug-likeness (QED) is 0.279. The third kappa shape index (κ3) is 7.13. The standard InChI is InChI=1S/C24H30N2O9/c1-33-23-21(30)19(20(29)18(12-27)35-23)26-22(31)17(11-14-7-9-16(28)10-8-14)25-24(32)34-13-15-5-3-2-4-6-15/h2-10,17-21,23,27-30H,11-13H2,1H3,(H,25,32)(H,26,31). The van der Waals surface area contributed by atoms with Gasteiger partial charge in [0.15, 0.2) is 6.29 Å². The van der Waals surface area contributed by atoms with Crippen LogP contribution in [0.1, 0.15) is 11.1 Å². The minimum absolute atomic E-state index is 0.00862. The number of nitrogens with one attached hydrogen (secondary N) is 2. The largest absolute Gasteiger partial charge is 0.508 e. The lowest BCUT2D eigenvalue weighted by molar-refractivity contribution is -0.271. The number of carbonyl (C=O) groups is 2. The molecule has 6 atom stereocenters. The molecule has 0 radical (unpaired) electrons. The van der Waals surface area contributed by atoms with Gasteiger partial charge in [0.1, 0.15) is 36.7 Å². The number of amides is 2. The Kier molecular flexibility index (Phi) is 9.40. The van der Waals surface area contributed by atoms with Crippen LogP contribution in [0.2, 0.25) is 0 Å². The Morgan fingerprint density at radius 2 is 1.71 bits per heavy atom. The molecule has 190 valence electrons. The van der Waals surface area contributed by atoms with Crippen LogP contribution in [-0.2, 0) is 32.0 Å². The van der Waals surface area contributed by atoms with E-state index in [2.05, 4.69) is 10.6 Å². The lowest BCUT2D eigenvalue weighted by Crippen LogP contribution is -2.66. The summed E-state index contributed by atoms with van der Waals surface area (Å²) in [5.74, 6) is -0.676. The number of hydrogen-bond donors (Lipinski definition) is 6. The van der Waals surface area contributed by atoms with Crippen LogP contribution in [0.5, 0.6) is 5.75 Å². The molecule has 2 aromatic rings. The van der Waals surface area contributed by atoms with Crippen molar-refractivity contribution in [2.45, 2.75) is 49.7 Å². The molecule has 1 aliphatic rings. The van der Waals surface area contributed by atoms with E-state index in [4.69, 9.17) is 14.2 Å². The van der Waals surface area contributed by atoms with Gasteiger partial charge in [-0.2, -0.15) is 0 Å². The monoisotopic (exact) mass is 490 g/mol. The Balaban J connectivity index is 1.73. The first kappa shape index (κ1) is 26.4. The van der Waals surface area contributed by atoms with E-state index in [9.17, 15) is 30.0 Å². The minimum Gasteiger partial charge on any atom is -0.508 e. The number of carbonyl (C=O) groups excluding carboxylic acids is 2. The molecule has 0 aromatic heterocycles. The third-order valence-electron chi connectivity index (χ3n) is 5.62. The zero-order chi connectivity index (χ0) is 25.4. The lowest BCUT2D eigenvalue weighted by atomic mass is 9.95. The van der Waals surface area contributed by atoms with E-state index in [1.165, 1.54) is 19.2 Å². The summed E-state index contributed by atoms with van der Waals surface area (Å²) in [5.41, 5.74) is 1.39. The second kappa shape index (κ2) is 12.5. The number of rotatable bonds is 9. The molecule has 1 saturated heterocycles. The van der Waals surface area contributed by atoms with Crippen LogP contribution in [0.4, 0.5) is 4.79 Å². The Morgan fingerprint density at radius 1 is 1.03 bits per heavy atom. The van der Waals surface area contributed by atoms with Crippen LogP contribution in [-0.4, -0.2) is 82.8 Å². The van der Waals surface area contributed by atoms with Gasteiger partial charge >= 0.3 is 6.09 Å². The molecule has 0 saturated carbocycles. The highest BCUT2D eigenvalue weighted by molar-refractivity contribution is 5.86. The summed E-state index contributed by atoms with van der Waals surface area (Å²) in [6, 6.07) is 12.7. The van der Waals surface area contributed by atoms with E-state index >= 15 is 0 Å². The van der Waals surface area contributed by atoms with Gasteiger partial charge in [0, 0.05) is 13.5 Å².